The molecule has 0 amide bonds. The molecule has 0 spiro atoms. The first kappa shape index (κ1) is 17.1. The number of benzene rings is 1. The maximum atomic E-state index is 5.52. The quantitative estimate of drug-likeness (QED) is 0.597. The van der Waals surface area contributed by atoms with Gasteiger partial charge in [-0.3, -0.25) is 4.90 Å². The van der Waals surface area contributed by atoms with E-state index in [1.165, 1.54) is 12.8 Å². The molecule has 2 aromatic heterocycles. The summed E-state index contributed by atoms with van der Waals surface area (Å²) in [4.78, 5) is 7.94. The fourth-order valence-corrected chi connectivity index (χ4v) is 3.63. The van der Waals surface area contributed by atoms with Crippen LogP contribution in [0.2, 0.25) is 0 Å². The minimum absolute atomic E-state index is 0.544. The van der Waals surface area contributed by atoms with Crippen molar-refractivity contribution in [2.75, 3.05) is 14.2 Å². The molecule has 0 unspecified atom stereocenters. The third-order valence-electron chi connectivity index (χ3n) is 4.47. The van der Waals surface area contributed by atoms with E-state index in [1.807, 2.05) is 35.7 Å². The van der Waals surface area contributed by atoms with Gasteiger partial charge in [-0.15, -0.1) is 11.3 Å². The Labute approximate surface area is 156 Å². The monoisotopic (exact) mass is 371 g/mol. The topological polar surface area (TPSA) is 60.6 Å². The molecule has 1 aliphatic carbocycles. The van der Waals surface area contributed by atoms with E-state index in [9.17, 15) is 0 Å². The minimum atomic E-state index is 0.544. The van der Waals surface area contributed by atoms with Crippen LogP contribution < -0.4 is 9.47 Å². The molecule has 3 aromatic rings. The van der Waals surface area contributed by atoms with Gasteiger partial charge in [-0.2, -0.15) is 4.98 Å². The molecule has 0 bridgehead atoms. The molecule has 6 nitrogen and oxygen atoms in total. The Morgan fingerprint density at radius 2 is 2.08 bits per heavy atom. The lowest BCUT2D eigenvalue weighted by Gasteiger charge is -2.21. The first-order valence-electron chi connectivity index (χ1n) is 8.58. The Balaban J connectivity index is 1.52. The smallest absolute Gasteiger partial charge is 0.241 e. The average molecular weight is 371 g/mol. The van der Waals surface area contributed by atoms with Gasteiger partial charge in [0.1, 0.15) is 11.5 Å². The predicted octanol–water partition coefficient (Wildman–Crippen LogP) is 3.98. The predicted molar refractivity (Wildman–Crippen MR) is 99.4 cm³/mol. The molecule has 0 radical (unpaired) electrons. The SMILES string of the molecule is COc1ccc(OC)c(CN(Cc2nc(-c3cccs3)no2)C2CC2)c1. The summed E-state index contributed by atoms with van der Waals surface area (Å²) in [6.45, 7) is 1.38. The molecule has 1 aromatic carbocycles. The standard InChI is InChI=1S/C19H21N3O3S/c1-23-15-7-8-16(24-2)13(10-15)11-22(14-5-6-14)12-18-20-19(21-25-18)17-4-3-9-26-17/h3-4,7-10,14H,5-6,11-12H2,1-2H3. The number of hydrogen-bond donors (Lipinski definition) is 0. The molecule has 1 saturated carbocycles. The molecule has 4 rings (SSSR count). The number of ether oxygens (including phenoxy) is 2. The first-order chi connectivity index (χ1) is 12.8. The number of methoxy groups -OCH3 is 2. The van der Waals surface area contributed by atoms with Gasteiger partial charge >= 0.3 is 0 Å². The highest BCUT2D eigenvalue weighted by Crippen LogP contribution is 2.33. The largest absolute Gasteiger partial charge is 0.497 e. The van der Waals surface area contributed by atoms with E-state index < -0.39 is 0 Å². The summed E-state index contributed by atoms with van der Waals surface area (Å²) in [6.07, 6.45) is 2.39. The Hall–Kier alpha value is -2.38. The van der Waals surface area contributed by atoms with Gasteiger partial charge in [0.15, 0.2) is 0 Å². The third-order valence-corrected chi connectivity index (χ3v) is 5.34. The van der Waals surface area contributed by atoms with E-state index in [0.29, 0.717) is 24.3 Å². The number of aromatic nitrogens is 2. The molecule has 136 valence electrons. The summed E-state index contributed by atoms with van der Waals surface area (Å²) < 4.78 is 16.4. The van der Waals surface area contributed by atoms with Crippen LogP contribution in [0.25, 0.3) is 10.7 Å². The van der Waals surface area contributed by atoms with Crippen molar-refractivity contribution in [1.29, 1.82) is 0 Å². The summed E-state index contributed by atoms with van der Waals surface area (Å²) in [6, 6.07) is 10.4. The molecule has 1 fully saturated rings. The number of hydrogen-bond acceptors (Lipinski definition) is 7. The van der Waals surface area contributed by atoms with E-state index >= 15 is 0 Å². The average Bonchev–Trinajstić information content (AvgIpc) is 3.17. The van der Waals surface area contributed by atoms with Crippen LogP contribution in [-0.4, -0.2) is 35.3 Å². The van der Waals surface area contributed by atoms with Crippen molar-refractivity contribution in [3.63, 3.8) is 0 Å². The number of rotatable bonds is 8. The van der Waals surface area contributed by atoms with E-state index in [0.717, 1.165) is 28.5 Å². The third kappa shape index (κ3) is 3.73. The molecule has 0 saturated heterocycles. The number of nitrogens with zero attached hydrogens (tertiary/aromatic N) is 3. The van der Waals surface area contributed by atoms with E-state index in [4.69, 9.17) is 14.0 Å². The Bertz CT molecular complexity index is 859. The van der Waals surface area contributed by atoms with E-state index in [-0.39, 0.29) is 0 Å². The van der Waals surface area contributed by atoms with Gasteiger partial charge in [0, 0.05) is 18.2 Å². The Morgan fingerprint density at radius 1 is 1.19 bits per heavy atom. The fourth-order valence-electron chi connectivity index (χ4n) is 2.98. The van der Waals surface area contributed by atoms with Gasteiger partial charge in [-0.25, -0.2) is 0 Å². The highest BCUT2D eigenvalue weighted by atomic mass is 32.1. The zero-order valence-electron chi connectivity index (χ0n) is 14.8. The van der Waals surface area contributed by atoms with Gasteiger partial charge < -0.3 is 14.0 Å². The molecule has 0 aliphatic heterocycles. The lowest BCUT2D eigenvalue weighted by molar-refractivity contribution is 0.207. The van der Waals surface area contributed by atoms with Crippen LogP contribution >= 0.6 is 11.3 Å². The van der Waals surface area contributed by atoms with Crippen molar-refractivity contribution in [2.45, 2.75) is 32.0 Å². The summed E-state index contributed by atoms with van der Waals surface area (Å²) in [5.41, 5.74) is 1.09. The Morgan fingerprint density at radius 3 is 2.77 bits per heavy atom. The van der Waals surface area contributed by atoms with Gasteiger partial charge in [0.05, 0.1) is 25.6 Å². The molecule has 26 heavy (non-hydrogen) atoms. The minimum Gasteiger partial charge on any atom is -0.497 e. The van der Waals surface area contributed by atoms with Gasteiger partial charge in [0.25, 0.3) is 0 Å². The zero-order chi connectivity index (χ0) is 17.9. The molecule has 1 aliphatic rings. The lowest BCUT2D eigenvalue weighted by atomic mass is 10.1. The van der Waals surface area contributed by atoms with Crippen LogP contribution in [0.3, 0.4) is 0 Å². The lowest BCUT2D eigenvalue weighted by Crippen LogP contribution is -2.25. The highest BCUT2D eigenvalue weighted by molar-refractivity contribution is 7.13. The van der Waals surface area contributed by atoms with Gasteiger partial charge in [0.2, 0.25) is 11.7 Å². The second-order valence-electron chi connectivity index (χ2n) is 6.30. The van der Waals surface area contributed by atoms with Gasteiger partial charge in [-0.1, -0.05) is 11.2 Å². The van der Waals surface area contributed by atoms with Gasteiger partial charge in [-0.05, 0) is 42.5 Å². The van der Waals surface area contributed by atoms with Crippen LogP contribution in [0.1, 0.15) is 24.3 Å². The van der Waals surface area contributed by atoms with Crippen LogP contribution in [0.15, 0.2) is 40.2 Å². The molecular weight excluding hydrogens is 350 g/mol. The van der Waals surface area contributed by atoms with Crippen LogP contribution in [0.5, 0.6) is 11.5 Å². The number of thiophene rings is 1. The molecule has 2 heterocycles. The molecule has 0 N–H and O–H groups in total. The Kier molecular flexibility index (Phi) is 4.90. The van der Waals surface area contributed by atoms with E-state index in [2.05, 4.69) is 15.0 Å². The maximum Gasteiger partial charge on any atom is 0.241 e. The van der Waals surface area contributed by atoms with Crippen molar-refractivity contribution in [2.24, 2.45) is 0 Å². The summed E-state index contributed by atoms with van der Waals surface area (Å²) in [7, 11) is 3.37. The summed E-state index contributed by atoms with van der Waals surface area (Å²) in [5, 5.41) is 6.12. The van der Waals surface area contributed by atoms with Crippen LogP contribution in [-0.2, 0) is 13.1 Å². The van der Waals surface area contributed by atoms with Crippen molar-refractivity contribution in [3.8, 4) is 22.2 Å². The first-order valence-corrected chi connectivity index (χ1v) is 9.46. The van der Waals surface area contributed by atoms with Crippen molar-refractivity contribution in [3.05, 3.63) is 47.2 Å². The normalized spacial score (nSPS) is 14.0. The van der Waals surface area contributed by atoms with E-state index in [1.54, 1.807) is 25.6 Å². The van der Waals surface area contributed by atoms with Crippen LogP contribution in [0, 0.1) is 0 Å². The summed E-state index contributed by atoms with van der Waals surface area (Å²) >= 11 is 1.61. The second kappa shape index (κ2) is 7.47. The molecule has 7 heteroatoms. The van der Waals surface area contributed by atoms with Crippen molar-refractivity contribution >= 4 is 11.3 Å². The fraction of sp³-hybridized carbons (Fsp3) is 0.368. The van der Waals surface area contributed by atoms with Crippen molar-refractivity contribution in [1.82, 2.24) is 15.0 Å². The van der Waals surface area contributed by atoms with Crippen molar-refractivity contribution < 1.29 is 14.0 Å². The highest BCUT2D eigenvalue weighted by Gasteiger charge is 2.31. The second-order valence-corrected chi connectivity index (χ2v) is 7.25. The molecule has 0 atom stereocenters. The molecular formula is C19H21N3O3S. The maximum absolute atomic E-state index is 5.52. The van der Waals surface area contributed by atoms with Crippen LogP contribution in [0.4, 0.5) is 0 Å². The zero-order valence-corrected chi connectivity index (χ0v) is 15.7. The summed E-state index contributed by atoms with van der Waals surface area (Å²) in [5.74, 6) is 2.99.